The van der Waals surface area contributed by atoms with Gasteiger partial charge in [0, 0.05) is 0 Å². The van der Waals surface area contributed by atoms with Crippen LogP contribution in [0.4, 0.5) is 0 Å². The summed E-state index contributed by atoms with van der Waals surface area (Å²) < 4.78 is 0. The maximum atomic E-state index is 10.5. The number of aliphatic hydroxyl groups excluding tert-OH is 1. The molecule has 0 aliphatic rings. The van der Waals surface area contributed by atoms with Gasteiger partial charge in [-0.05, 0) is 32.9 Å². The Labute approximate surface area is 78.8 Å². The molecule has 0 aliphatic heterocycles. The normalized spacial score (nSPS) is 14.2. The minimum Gasteiger partial charge on any atom is -0.511 e. The van der Waals surface area contributed by atoms with E-state index in [0.29, 0.717) is 19.5 Å². The zero-order chi connectivity index (χ0) is 10.3. The average molecular weight is 186 g/mol. The zero-order valence-electron chi connectivity index (χ0n) is 8.21. The number of carbonyl (C=O) groups is 1. The Kier molecular flexibility index (Phi) is 6.18. The zero-order valence-corrected chi connectivity index (χ0v) is 8.21. The van der Waals surface area contributed by atoms with Gasteiger partial charge in [0.05, 0.1) is 12.6 Å². The van der Waals surface area contributed by atoms with Gasteiger partial charge in [-0.1, -0.05) is 0 Å². The van der Waals surface area contributed by atoms with Crippen molar-refractivity contribution in [3.8, 4) is 0 Å². The van der Waals surface area contributed by atoms with Crippen molar-refractivity contribution in [3.63, 3.8) is 0 Å². The molecule has 0 aromatic heterocycles. The Bertz CT molecular complexity index is 190. The van der Waals surface area contributed by atoms with E-state index in [1.807, 2.05) is 0 Å². The van der Waals surface area contributed by atoms with E-state index >= 15 is 0 Å². The van der Waals surface area contributed by atoms with Crippen LogP contribution >= 0.6 is 0 Å². The van der Waals surface area contributed by atoms with Crippen LogP contribution in [0.15, 0.2) is 11.8 Å². The van der Waals surface area contributed by atoms with Gasteiger partial charge < -0.3 is 16.2 Å². The maximum Gasteiger partial charge on any atom is 0.143 e. The van der Waals surface area contributed by atoms with Crippen molar-refractivity contribution in [1.29, 1.82) is 0 Å². The molecule has 0 heterocycles. The fraction of sp³-hybridized carbons (Fsp3) is 0.667. The molecule has 0 spiro atoms. The van der Waals surface area contributed by atoms with Gasteiger partial charge in [0.2, 0.25) is 0 Å². The first-order valence-corrected chi connectivity index (χ1v) is 4.38. The van der Waals surface area contributed by atoms with E-state index in [2.05, 4.69) is 5.32 Å². The summed E-state index contributed by atoms with van der Waals surface area (Å²) in [5.41, 5.74) is 5.60. The predicted molar refractivity (Wildman–Crippen MR) is 52.5 cm³/mol. The summed E-state index contributed by atoms with van der Waals surface area (Å²) in [7, 11) is 0. The summed E-state index contributed by atoms with van der Waals surface area (Å²) in [5, 5.41) is 12.1. The largest absolute Gasteiger partial charge is 0.511 e. The highest BCUT2D eigenvalue weighted by Crippen LogP contribution is 1.97. The quantitative estimate of drug-likeness (QED) is 0.413. The summed E-state index contributed by atoms with van der Waals surface area (Å²) in [6.45, 7) is 4.26. The third-order valence-electron chi connectivity index (χ3n) is 1.68. The third kappa shape index (κ3) is 6.31. The van der Waals surface area contributed by atoms with Crippen LogP contribution in [0, 0.1) is 0 Å². The molecule has 0 amide bonds. The smallest absolute Gasteiger partial charge is 0.143 e. The molecule has 0 aliphatic carbocycles. The van der Waals surface area contributed by atoms with Gasteiger partial charge in [0.15, 0.2) is 0 Å². The summed E-state index contributed by atoms with van der Waals surface area (Å²) in [4.78, 5) is 10.5. The molecule has 0 rings (SSSR count). The highest BCUT2D eigenvalue weighted by atomic mass is 16.3. The second kappa shape index (κ2) is 6.62. The number of hydrogen-bond donors (Lipinski definition) is 3. The maximum absolute atomic E-state index is 10.5. The fourth-order valence-electron chi connectivity index (χ4n) is 0.884. The van der Waals surface area contributed by atoms with E-state index in [0.717, 1.165) is 0 Å². The lowest BCUT2D eigenvalue weighted by Gasteiger charge is -2.10. The fourth-order valence-corrected chi connectivity index (χ4v) is 0.884. The molecule has 4 nitrogen and oxygen atoms in total. The van der Waals surface area contributed by atoms with Crippen LogP contribution in [-0.2, 0) is 4.79 Å². The Balaban J connectivity index is 3.48. The number of ketones is 1. The first kappa shape index (κ1) is 12.1. The van der Waals surface area contributed by atoms with Crippen LogP contribution in [0.3, 0.4) is 0 Å². The van der Waals surface area contributed by atoms with Crippen molar-refractivity contribution >= 4 is 5.78 Å². The van der Waals surface area contributed by atoms with Gasteiger partial charge in [0.25, 0.3) is 0 Å². The number of Topliss-reactive ketones (excluding diaryl/α,β-unsaturated/α-hetero) is 1. The number of carbonyl (C=O) groups excluding carboxylic acids is 1. The minimum atomic E-state index is -0.329. The van der Waals surface area contributed by atoms with Crippen LogP contribution in [0.1, 0.15) is 20.3 Å². The predicted octanol–water partition coefficient (Wildman–Crippen LogP) is 0.344. The van der Waals surface area contributed by atoms with Gasteiger partial charge in [-0.25, -0.2) is 0 Å². The van der Waals surface area contributed by atoms with Gasteiger partial charge in [-0.2, -0.15) is 0 Å². The van der Waals surface area contributed by atoms with E-state index in [4.69, 9.17) is 5.73 Å². The van der Waals surface area contributed by atoms with Crippen molar-refractivity contribution < 1.29 is 9.90 Å². The number of nitrogens with one attached hydrogen (secondary N) is 1. The molecular formula is C9H18N2O2. The van der Waals surface area contributed by atoms with Crippen molar-refractivity contribution in [2.24, 2.45) is 5.73 Å². The molecule has 0 fully saturated rings. The number of hydrogen-bond acceptors (Lipinski definition) is 4. The lowest BCUT2D eigenvalue weighted by molar-refractivity contribution is -0.116. The molecule has 0 radical (unpaired) electrons. The van der Waals surface area contributed by atoms with Gasteiger partial charge in [-0.15, -0.1) is 0 Å². The lowest BCUT2D eigenvalue weighted by atomic mass is 10.2. The van der Waals surface area contributed by atoms with E-state index < -0.39 is 0 Å². The monoisotopic (exact) mass is 186 g/mol. The molecule has 0 aromatic carbocycles. The molecule has 4 N–H and O–H groups in total. The van der Waals surface area contributed by atoms with Crippen molar-refractivity contribution in [2.45, 2.75) is 26.3 Å². The Hall–Kier alpha value is -0.870. The van der Waals surface area contributed by atoms with E-state index in [1.54, 1.807) is 13.0 Å². The lowest BCUT2D eigenvalue weighted by Crippen LogP contribution is -2.30. The summed E-state index contributed by atoms with van der Waals surface area (Å²) in [5.74, 6) is 0.299. The van der Waals surface area contributed by atoms with Gasteiger partial charge >= 0.3 is 0 Å². The molecule has 1 unspecified atom stereocenters. The van der Waals surface area contributed by atoms with Crippen LogP contribution in [0.25, 0.3) is 0 Å². The first-order chi connectivity index (χ1) is 6.07. The third-order valence-corrected chi connectivity index (χ3v) is 1.68. The first-order valence-electron chi connectivity index (χ1n) is 4.38. The Morgan fingerprint density at radius 3 is 2.77 bits per heavy atom. The number of allylic oxidation sites excluding steroid dienone is 1. The average Bonchev–Trinajstić information content (AvgIpc) is 2.10. The molecule has 0 aromatic rings. The van der Waals surface area contributed by atoms with Crippen molar-refractivity contribution in [3.05, 3.63) is 11.8 Å². The highest BCUT2D eigenvalue weighted by Gasteiger charge is 2.05. The van der Waals surface area contributed by atoms with Gasteiger partial charge in [0.1, 0.15) is 11.5 Å². The summed E-state index contributed by atoms with van der Waals surface area (Å²) in [6.07, 6.45) is 2.21. The topological polar surface area (TPSA) is 75.3 Å². The van der Waals surface area contributed by atoms with Crippen molar-refractivity contribution in [1.82, 2.24) is 5.32 Å². The van der Waals surface area contributed by atoms with Crippen molar-refractivity contribution in [2.75, 3.05) is 13.1 Å². The van der Waals surface area contributed by atoms with Crippen LogP contribution in [0.2, 0.25) is 0 Å². The second-order valence-corrected chi connectivity index (χ2v) is 2.99. The molecule has 76 valence electrons. The summed E-state index contributed by atoms with van der Waals surface area (Å²) >= 11 is 0. The molecule has 0 saturated heterocycles. The van der Waals surface area contributed by atoms with E-state index in [-0.39, 0.29) is 17.6 Å². The second-order valence-electron chi connectivity index (χ2n) is 2.99. The number of nitrogens with two attached hydrogens (primary N) is 1. The Morgan fingerprint density at radius 1 is 1.69 bits per heavy atom. The standard InChI is InChI=1S/C9H18N2O2/c1-3-9(13)8(10)4-5-11-6-7(2)12/h3,8,11,13H,4-6,10H2,1-2H3. The van der Waals surface area contributed by atoms with E-state index in [9.17, 15) is 9.90 Å². The molecule has 13 heavy (non-hydrogen) atoms. The minimum absolute atomic E-state index is 0.101. The number of rotatable bonds is 6. The molecular weight excluding hydrogens is 168 g/mol. The Morgan fingerprint density at radius 2 is 2.31 bits per heavy atom. The molecule has 1 atom stereocenters. The molecule has 0 bridgehead atoms. The van der Waals surface area contributed by atoms with Gasteiger partial charge in [-0.3, -0.25) is 4.79 Å². The van der Waals surface area contributed by atoms with E-state index in [1.165, 1.54) is 6.92 Å². The highest BCUT2D eigenvalue weighted by molar-refractivity contribution is 5.77. The number of aliphatic hydroxyl groups is 1. The molecule has 0 saturated carbocycles. The van der Waals surface area contributed by atoms with Crippen LogP contribution in [0.5, 0.6) is 0 Å². The van der Waals surface area contributed by atoms with Crippen LogP contribution in [-0.4, -0.2) is 30.0 Å². The molecule has 4 heteroatoms. The SMILES string of the molecule is CC=C(O)C(N)CCNCC(C)=O. The van der Waals surface area contributed by atoms with Crippen LogP contribution < -0.4 is 11.1 Å². The summed E-state index contributed by atoms with van der Waals surface area (Å²) in [6, 6.07) is -0.329.